The van der Waals surface area contributed by atoms with Gasteiger partial charge in [-0.3, -0.25) is 23.4 Å². The van der Waals surface area contributed by atoms with E-state index in [9.17, 15) is 43.8 Å². The fourth-order valence-electron chi connectivity index (χ4n) is 3.35. The summed E-state index contributed by atoms with van der Waals surface area (Å²) in [6.45, 7) is 1.39. The SMILES string of the molecule is Cc1cn([C@H]2C[C@H](O)[C@@H](COP(=O)(O)OP(=O)(O)O[C@H]3OC[C@@H](N)[C@@](C)(O)[C@H]3O)O2)c(=O)[nH]c1=O. The smallest absolute Gasteiger partial charge is 0.390 e. The molecule has 19 heteroatoms. The summed E-state index contributed by atoms with van der Waals surface area (Å²) < 4.78 is 49.1. The Labute approximate surface area is 197 Å². The normalized spacial score (nSPS) is 37.0. The molecule has 2 saturated heterocycles. The van der Waals surface area contributed by atoms with Gasteiger partial charge in [0.1, 0.15) is 24.0 Å². The monoisotopic (exact) mass is 547 g/mol. The number of rotatable bonds is 8. The number of aromatic amines is 1. The van der Waals surface area contributed by atoms with Gasteiger partial charge in [0.25, 0.3) is 5.56 Å². The summed E-state index contributed by atoms with van der Waals surface area (Å²) in [6, 6.07) is -1.05. The Morgan fingerprint density at radius 1 is 1.29 bits per heavy atom. The van der Waals surface area contributed by atoms with Crippen molar-refractivity contribution in [3.63, 3.8) is 0 Å². The van der Waals surface area contributed by atoms with Crippen LogP contribution in [-0.2, 0) is 32.0 Å². The molecular formula is C16H27N3O14P2. The maximum absolute atomic E-state index is 12.2. The number of aromatic nitrogens is 2. The van der Waals surface area contributed by atoms with Crippen molar-refractivity contribution in [1.82, 2.24) is 9.55 Å². The van der Waals surface area contributed by atoms with Crippen LogP contribution in [0.1, 0.15) is 25.1 Å². The molecule has 200 valence electrons. The van der Waals surface area contributed by atoms with Crippen LogP contribution >= 0.6 is 15.6 Å². The molecule has 2 aliphatic rings. The summed E-state index contributed by atoms with van der Waals surface area (Å²) in [6.07, 6.45) is -6.36. The van der Waals surface area contributed by atoms with Gasteiger partial charge in [0.05, 0.1) is 25.4 Å². The van der Waals surface area contributed by atoms with Gasteiger partial charge in [0, 0.05) is 18.2 Å². The van der Waals surface area contributed by atoms with Crippen molar-refractivity contribution in [3.8, 4) is 0 Å². The van der Waals surface area contributed by atoms with Gasteiger partial charge in [-0.15, -0.1) is 0 Å². The molecule has 8 N–H and O–H groups in total. The van der Waals surface area contributed by atoms with Gasteiger partial charge in [-0.25, -0.2) is 13.9 Å². The third kappa shape index (κ3) is 6.53. The maximum Gasteiger partial charge on any atom is 0.483 e. The van der Waals surface area contributed by atoms with Crippen LogP contribution in [-0.4, -0.2) is 84.1 Å². The van der Waals surface area contributed by atoms with E-state index in [1.807, 2.05) is 0 Å². The van der Waals surface area contributed by atoms with Crippen LogP contribution in [0.5, 0.6) is 0 Å². The standard InChI is InChI=1S/C16H27N3O14P2/c1-7-4-19(15(23)18-13(7)22)11-3-8(20)9(31-11)5-30-34(25,26)33-35(27,28)32-14-12(21)16(2,24)10(17)6-29-14/h4,8-12,14,20-21,24H,3,5-6,17H2,1-2H3,(H,25,26)(H,27,28)(H,18,22,23)/t8-,9+,10+,11+,12-,14+,16+/m0/s1. The number of aryl methyl sites for hydroxylation is 1. The number of hydrogen-bond donors (Lipinski definition) is 7. The van der Waals surface area contributed by atoms with Gasteiger partial charge in [0.2, 0.25) is 0 Å². The van der Waals surface area contributed by atoms with Gasteiger partial charge < -0.3 is 40.3 Å². The largest absolute Gasteiger partial charge is 0.483 e. The molecule has 9 atom stereocenters. The molecule has 35 heavy (non-hydrogen) atoms. The van der Waals surface area contributed by atoms with Crippen LogP contribution in [0.15, 0.2) is 15.8 Å². The molecule has 0 amide bonds. The lowest BCUT2D eigenvalue weighted by Crippen LogP contribution is -2.64. The second-order valence-corrected chi connectivity index (χ2v) is 11.3. The Morgan fingerprint density at radius 3 is 2.60 bits per heavy atom. The second kappa shape index (κ2) is 10.2. The number of phosphoric ester groups is 2. The van der Waals surface area contributed by atoms with Crippen LogP contribution in [0.4, 0.5) is 0 Å². The lowest BCUT2D eigenvalue weighted by atomic mass is 9.89. The number of nitrogens with two attached hydrogens (primary N) is 1. The predicted octanol–water partition coefficient (Wildman–Crippen LogP) is -2.46. The molecule has 2 aliphatic heterocycles. The number of phosphoric acid groups is 2. The Kier molecular flexibility index (Phi) is 8.26. The van der Waals surface area contributed by atoms with E-state index in [1.165, 1.54) is 13.1 Å². The Balaban J connectivity index is 1.59. The number of hydrogen-bond acceptors (Lipinski definition) is 13. The van der Waals surface area contributed by atoms with E-state index in [0.29, 0.717) is 0 Å². The minimum absolute atomic E-state index is 0.142. The number of ether oxygens (including phenoxy) is 2. The average molecular weight is 547 g/mol. The fraction of sp³-hybridized carbons (Fsp3) is 0.750. The van der Waals surface area contributed by atoms with Crippen molar-refractivity contribution in [2.24, 2.45) is 5.73 Å². The summed E-state index contributed by atoms with van der Waals surface area (Å²) in [7, 11) is -10.7. The number of nitrogens with one attached hydrogen (secondary N) is 1. The van der Waals surface area contributed by atoms with Crippen molar-refractivity contribution in [3.05, 3.63) is 32.6 Å². The van der Waals surface area contributed by atoms with E-state index in [-0.39, 0.29) is 18.6 Å². The summed E-state index contributed by atoms with van der Waals surface area (Å²) in [5, 5.41) is 30.4. The molecule has 0 aromatic carbocycles. The summed E-state index contributed by atoms with van der Waals surface area (Å²) in [5.41, 5.74) is 2.41. The second-order valence-electron chi connectivity index (χ2n) is 8.31. The van der Waals surface area contributed by atoms with E-state index < -0.39 is 76.0 Å². The molecule has 3 rings (SSSR count). The zero-order valence-electron chi connectivity index (χ0n) is 18.5. The molecule has 0 saturated carbocycles. The molecule has 0 bridgehead atoms. The topological polar surface area (TPSA) is 262 Å². The number of aliphatic hydroxyl groups is 3. The number of H-pyrrole nitrogens is 1. The highest BCUT2D eigenvalue weighted by atomic mass is 31.3. The van der Waals surface area contributed by atoms with Crippen LogP contribution < -0.4 is 17.0 Å². The lowest BCUT2D eigenvalue weighted by molar-refractivity contribution is -0.250. The van der Waals surface area contributed by atoms with Crippen LogP contribution in [0, 0.1) is 6.92 Å². The van der Waals surface area contributed by atoms with Crippen molar-refractivity contribution >= 4 is 15.6 Å². The minimum Gasteiger partial charge on any atom is -0.390 e. The molecule has 3 heterocycles. The van der Waals surface area contributed by atoms with E-state index in [2.05, 4.69) is 18.3 Å². The highest BCUT2D eigenvalue weighted by Gasteiger charge is 2.50. The summed E-state index contributed by atoms with van der Waals surface area (Å²) in [5.74, 6) is 0. The van der Waals surface area contributed by atoms with Gasteiger partial charge >= 0.3 is 21.3 Å². The van der Waals surface area contributed by atoms with Crippen molar-refractivity contribution < 1.29 is 57.1 Å². The number of aliphatic hydroxyl groups excluding tert-OH is 2. The van der Waals surface area contributed by atoms with Crippen molar-refractivity contribution in [2.45, 2.75) is 62.7 Å². The molecule has 17 nitrogen and oxygen atoms in total. The fourth-order valence-corrected chi connectivity index (χ4v) is 5.51. The van der Waals surface area contributed by atoms with Gasteiger partial charge in [-0.1, -0.05) is 0 Å². The lowest BCUT2D eigenvalue weighted by Gasteiger charge is -2.42. The molecule has 0 radical (unpaired) electrons. The summed E-state index contributed by atoms with van der Waals surface area (Å²) >= 11 is 0. The zero-order chi connectivity index (χ0) is 26.3. The van der Waals surface area contributed by atoms with E-state index in [0.717, 1.165) is 11.5 Å². The first-order chi connectivity index (χ1) is 16.0. The third-order valence-corrected chi connectivity index (χ3v) is 8.15. The van der Waals surface area contributed by atoms with Gasteiger partial charge in [0.15, 0.2) is 6.29 Å². The highest BCUT2D eigenvalue weighted by Crippen LogP contribution is 2.61. The molecule has 0 aliphatic carbocycles. The van der Waals surface area contributed by atoms with E-state index in [1.54, 1.807) is 0 Å². The summed E-state index contributed by atoms with van der Waals surface area (Å²) in [4.78, 5) is 45.2. The molecular weight excluding hydrogens is 520 g/mol. The molecule has 1 aromatic heterocycles. The first kappa shape index (κ1) is 28.3. The van der Waals surface area contributed by atoms with Gasteiger partial charge in [-0.05, 0) is 13.8 Å². The van der Waals surface area contributed by atoms with Crippen LogP contribution in [0.3, 0.4) is 0 Å². The minimum atomic E-state index is -5.41. The Bertz CT molecular complexity index is 1140. The quantitative estimate of drug-likeness (QED) is 0.166. The molecule has 2 unspecified atom stereocenters. The van der Waals surface area contributed by atoms with Crippen molar-refractivity contribution in [1.29, 1.82) is 0 Å². The highest BCUT2D eigenvalue weighted by molar-refractivity contribution is 7.61. The zero-order valence-corrected chi connectivity index (χ0v) is 20.3. The Hall–Kier alpha value is -1.30. The first-order valence-corrected chi connectivity index (χ1v) is 13.1. The predicted molar refractivity (Wildman–Crippen MR) is 113 cm³/mol. The third-order valence-electron chi connectivity index (χ3n) is 5.55. The first-order valence-electron chi connectivity index (χ1n) is 10.2. The van der Waals surface area contributed by atoms with Gasteiger partial charge in [-0.2, -0.15) is 4.31 Å². The van der Waals surface area contributed by atoms with E-state index in [4.69, 9.17) is 15.2 Å². The molecule has 2 fully saturated rings. The average Bonchev–Trinajstić information content (AvgIpc) is 3.09. The maximum atomic E-state index is 12.2. The van der Waals surface area contributed by atoms with Crippen molar-refractivity contribution in [2.75, 3.05) is 13.2 Å². The van der Waals surface area contributed by atoms with Crippen LogP contribution in [0.25, 0.3) is 0 Å². The molecule has 1 aromatic rings. The number of nitrogens with zero attached hydrogens (tertiary/aromatic N) is 1. The van der Waals surface area contributed by atoms with Crippen LogP contribution in [0.2, 0.25) is 0 Å². The Morgan fingerprint density at radius 2 is 1.94 bits per heavy atom. The van der Waals surface area contributed by atoms with E-state index >= 15 is 0 Å². The molecule has 0 spiro atoms.